The fraction of sp³-hybridized carbons (Fsp3) is 0.333. The van der Waals surface area contributed by atoms with Gasteiger partial charge in [0.15, 0.2) is 0 Å². The topological polar surface area (TPSA) is 60.0 Å². The highest BCUT2D eigenvalue weighted by Crippen LogP contribution is 2.34. The summed E-state index contributed by atoms with van der Waals surface area (Å²) in [6.07, 6.45) is 11.0. The summed E-state index contributed by atoms with van der Waals surface area (Å²) in [5.74, 6) is -0.262. The lowest BCUT2D eigenvalue weighted by atomic mass is 10.0. The van der Waals surface area contributed by atoms with E-state index in [0.29, 0.717) is 0 Å². The molecule has 3 aromatic rings. The smallest absolute Gasteiger partial charge is 0.329 e. The molecular formula is C24H28FN3O2. The lowest BCUT2D eigenvalue weighted by Crippen LogP contribution is -2.24. The van der Waals surface area contributed by atoms with Gasteiger partial charge < -0.3 is 5.11 Å². The standard InChI is InChI=1S/C23H24FN3O.CH4O/c1-4-16(10-9-15(2)24)17-11-12-20-19(13-17)22-21(14-25-20)26(3)23(28)27(22)18-7-5-6-8-18;1-2/h4,9-14,18H,1,5-8H2,2-3H3;2H,1H3/b15-9+,16-10+;. The van der Waals surface area contributed by atoms with E-state index >= 15 is 0 Å². The molecule has 0 amide bonds. The molecule has 0 radical (unpaired) electrons. The van der Waals surface area contributed by atoms with Crippen LogP contribution >= 0.6 is 0 Å². The summed E-state index contributed by atoms with van der Waals surface area (Å²) in [4.78, 5) is 17.6. The third kappa shape index (κ3) is 3.87. The molecule has 1 N–H and O–H groups in total. The predicted octanol–water partition coefficient (Wildman–Crippen LogP) is 5.05. The van der Waals surface area contributed by atoms with E-state index < -0.39 is 0 Å². The molecule has 0 saturated heterocycles. The summed E-state index contributed by atoms with van der Waals surface area (Å²) in [7, 11) is 2.80. The molecule has 2 aromatic heterocycles. The summed E-state index contributed by atoms with van der Waals surface area (Å²) in [6, 6.07) is 6.17. The average molecular weight is 410 g/mol. The lowest BCUT2D eigenvalue weighted by molar-refractivity contribution is 0.399. The number of aliphatic hydroxyl groups excluding tert-OH is 1. The summed E-state index contributed by atoms with van der Waals surface area (Å²) in [6.45, 7) is 5.27. The van der Waals surface area contributed by atoms with Crippen molar-refractivity contribution < 1.29 is 9.50 Å². The van der Waals surface area contributed by atoms with E-state index in [1.807, 2.05) is 22.8 Å². The minimum atomic E-state index is -0.262. The number of benzene rings is 1. The van der Waals surface area contributed by atoms with Gasteiger partial charge in [-0.25, -0.2) is 9.18 Å². The molecule has 6 heteroatoms. The Hall–Kier alpha value is -2.99. The first-order valence-corrected chi connectivity index (χ1v) is 10.1. The Kier molecular flexibility index (Phi) is 6.67. The predicted molar refractivity (Wildman–Crippen MR) is 121 cm³/mol. The maximum atomic E-state index is 13.2. The van der Waals surface area contributed by atoms with Crippen LogP contribution < -0.4 is 5.69 Å². The minimum absolute atomic E-state index is 0.0112. The van der Waals surface area contributed by atoms with Crippen LogP contribution in [0.25, 0.3) is 27.5 Å². The van der Waals surface area contributed by atoms with Crippen molar-refractivity contribution in [3.63, 3.8) is 0 Å². The van der Waals surface area contributed by atoms with Crippen LogP contribution in [0.5, 0.6) is 0 Å². The molecule has 0 bridgehead atoms. The van der Waals surface area contributed by atoms with Gasteiger partial charge in [-0.15, -0.1) is 0 Å². The van der Waals surface area contributed by atoms with Crippen LogP contribution in [0.3, 0.4) is 0 Å². The van der Waals surface area contributed by atoms with Gasteiger partial charge in [0.2, 0.25) is 0 Å². The number of fused-ring (bicyclic) bond motifs is 3. The molecule has 0 atom stereocenters. The Morgan fingerprint density at radius 3 is 2.60 bits per heavy atom. The number of nitrogens with zero attached hydrogens (tertiary/aromatic N) is 3. The Morgan fingerprint density at radius 1 is 1.27 bits per heavy atom. The number of halogens is 1. The van der Waals surface area contributed by atoms with Gasteiger partial charge in [-0.2, -0.15) is 0 Å². The monoisotopic (exact) mass is 409 g/mol. The van der Waals surface area contributed by atoms with E-state index in [9.17, 15) is 9.18 Å². The molecule has 0 unspecified atom stereocenters. The maximum absolute atomic E-state index is 13.2. The van der Waals surface area contributed by atoms with E-state index in [1.54, 1.807) is 30.0 Å². The molecule has 5 nitrogen and oxygen atoms in total. The molecule has 1 saturated carbocycles. The number of imidazole rings is 1. The van der Waals surface area contributed by atoms with E-state index in [2.05, 4.69) is 11.6 Å². The number of pyridine rings is 1. The maximum Gasteiger partial charge on any atom is 0.329 e. The van der Waals surface area contributed by atoms with Crippen molar-refractivity contribution in [3.8, 4) is 0 Å². The van der Waals surface area contributed by atoms with Crippen molar-refractivity contribution in [3.05, 3.63) is 71.1 Å². The van der Waals surface area contributed by atoms with Gasteiger partial charge in [0.05, 0.1) is 28.6 Å². The van der Waals surface area contributed by atoms with Crippen molar-refractivity contribution in [1.82, 2.24) is 14.1 Å². The summed E-state index contributed by atoms with van der Waals surface area (Å²) in [5.41, 5.74) is 4.37. The number of aryl methyl sites for hydroxylation is 1. The first-order chi connectivity index (χ1) is 14.5. The van der Waals surface area contributed by atoms with E-state index in [4.69, 9.17) is 5.11 Å². The van der Waals surface area contributed by atoms with Crippen molar-refractivity contribution in [1.29, 1.82) is 0 Å². The normalized spacial score (nSPS) is 15.5. The quantitative estimate of drug-likeness (QED) is 0.613. The molecule has 158 valence electrons. The van der Waals surface area contributed by atoms with Crippen molar-refractivity contribution in [2.45, 2.75) is 38.6 Å². The molecule has 30 heavy (non-hydrogen) atoms. The van der Waals surface area contributed by atoms with Crippen LogP contribution in [-0.2, 0) is 7.05 Å². The highest BCUT2D eigenvalue weighted by Gasteiger charge is 2.24. The van der Waals surface area contributed by atoms with Crippen molar-refractivity contribution >= 4 is 27.5 Å². The molecule has 1 fully saturated rings. The molecule has 0 spiro atoms. The second kappa shape index (κ2) is 9.22. The van der Waals surface area contributed by atoms with Gasteiger partial charge in [-0.3, -0.25) is 14.1 Å². The average Bonchev–Trinajstić information content (AvgIpc) is 3.37. The zero-order valence-corrected chi connectivity index (χ0v) is 17.7. The molecular weight excluding hydrogens is 381 g/mol. The second-order valence-electron chi connectivity index (χ2n) is 7.45. The van der Waals surface area contributed by atoms with Crippen molar-refractivity contribution in [2.75, 3.05) is 7.11 Å². The van der Waals surface area contributed by atoms with Gasteiger partial charge in [-0.1, -0.05) is 37.6 Å². The van der Waals surface area contributed by atoms with Crippen LogP contribution in [0, 0.1) is 0 Å². The van der Waals surface area contributed by atoms with Crippen LogP contribution in [-0.4, -0.2) is 26.3 Å². The van der Waals surface area contributed by atoms with Gasteiger partial charge in [-0.05, 0) is 49.1 Å². The SMILES string of the molecule is C=C/C(=C\C=C(/C)F)c1ccc2ncc3c(c2c1)n(C1CCCC1)c(=O)n3C.CO. The number of aliphatic hydroxyl groups is 1. The minimum Gasteiger partial charge on any atom is -0.400 e. The molecule has 0 aliphatic heterocycles. The Morgan fingerprint density at radius 2 is 1.97 bits per heavy atom. The van der Waals surface area contributed by atoms with Crippen LogP contribution in [0.2, 0.25) is 0 Å². The molecule has 2 heterocycles. The fourth-order valence-corrected chi connectivity index (χ4v) is 4.19. The number of aromatic nitrogens is 3. The van der Waals surface area contributed by atoms with Gasteiger partial charge in [0.25, 0.3) is 0 Å². The highest BCUT2D eigenvalue weighted by atomic mass is 19.1. The Bertz CT molecular complexity index is 1190. The molecule has 1 aromatic carbocycles. The van der Waals surface area contributed by atoms with Gasteiger partial charge >= 0.3 is 5.69 Å². The third-order valence-electron chi connectivity index (χ3n) is 5.65. The van der Waals surface area contributed by atoms with E-state index in [0.717, 1.165) is 65.9 Å². The second-order valence-corrected chi connectivity index (χ2v) is 7.45. The first kappa shape index (κ1) is 21.7. The lowest BCUT2D eigenvalue weighted by Gasteiger charge is -2.13. The first-order valence-electron chi connectivity index (χ1n) is 10.1. The summed E-state index contributed by atoms with van der Waals surface area (Å²) in [5, 5.41) is 7.94. The largest absolute Gasteiger partial charge is 0.400 e. The van der Waals surface area contributed by atoms with Crippen molar-refractivity contribution in [2.24, 2.45) is 7.05 Å². The van der Waals surface area contributed by atoms with E-state index in [1.165, 1.54) is 13.0 Å². The zero-order chi connectivity index (χ0) is 21.8. The zero-order valence-electron chi connectivity index (χ0n) is 17.7. The Labute approximate surface area is 175 Å². The number of rotatable bonds is 4. The van der Waals surface area contributed by atoms with Crippen LogP contribution in [0.4, 0.5) is 4.39 Å². The fourth-order valence-electron chi connectivity index (χ4n) is 4.19. The summed E-state index contributed by atoms with van der Waals surface area (Å²) < 4.78 is 16.8. The van der Waals surface area contributed by atoms with Gasteiger partial charge in [0.1, 0.15) is 0 Å². The molecule has 1 aliphatic rings. The number of hydrogen-bond acceptors (Lipinski definition) is 3. The molecule has 4 rings (SSSR count). The Balaban J connectivity index is 0.00000124. The van der Waals surface area contributed by atoms with E-state index in [-0.39, 0.29) is 17.6 Å². The third-order valence-corrected chi connectivity index (χ3v) is 5.65. The summed E-state index contributed by atoms with van der Waals surface area (Å²) >= 11 is 0. The number of hydrogen-bond donors (Lipinski definition) is 1. The van der Waals surface area contributed by atoms with Gasteiger partial charge in [0, 0.05) is 25.6 Å². The van der Waals surface area contributed by atoms with Crippen LogP contribution in [0.15, 0.2) is 59.8 Å². The number of allylic oxidation sites excluding steroid dienone is 5. The van der Waals surface area contributed by atoms with Crippen LogP contribution in [0.1, 0.15) is 44.2 Å². The molecule has 1 aliphatic carbocycles. The highest BCUT2D eigenvalue weighted by molar-refractivity contribution is 6.03.